The van der Waals surface area contributed by atoms with Crippen molar-refractivity contribution in [3.63, 3.8) is 0 Å². The fourth-order valence-electron chi connectivity index (χ4n) is 2.57. The van der Waals surface area contributed by atoms with Gasteiger partial charge in [0.25, 0.3) is 11.8 Å². The molecule has 3 rings (SSSR count). The van der Waals surface area contributed by atoms with Crippen molar-refractivity contribution in [3.05, 3.63) is 40.8 Å². The van der Waals surface area contributed by atoms with Crippen molar-refractivity contribution in [2.75, 3.05) is 16.8 Å². The summed E-state index contributed by atoms with van der Waals surface area (Å²) in [6.45, 7) is 4.34. The molecule has 0 radical (unpaired) electrons. The van der Waals surface area contributed by atoms with E-state index in [2.05, 4.69) is 21.2 Å². The number of nitrogens with one attached hydrogen (secondary N) is 1. The Morgan fingerprint density at radius 2 is 2.12 bits per heavy atom. The maximum atomic E-state index is 12.3. The molecule has 2 heterocycles. The van der Waals surface area contributed by atoms with E-state index >= 15 is 0 Å². The van der Waals surface area contributed by atoms with Gasteiger partial charge >= 0.3 is 0 Å². The Kier molecular flexibility index (Phi) is 4.62. The van der Waals surface area contributed by atoms with Crippen molar-refractivity contribution >= 4 is 39.1 Å². The lowest BCUT2D eigenvalue weighted by Crippen LogP contribution is -2.44. The molecule has 6 nitrogen and oxygen atoms in total. The number of fused-ring (bicyclic) bond motifs is 1. The van der Waals surface area contributed by atoms with Crippen LogP contribution in [-0.4, -0.2) is 24.5 Å². The molecule has 1 unspecified atom stereocenters. The highest BCUT2D eigenvalue weighted by atomic mass is 79.9. The second-order valence-electron chi connectivity index (χ2n) is 5.49. The van der Waals surface area contributed by atoms with Gasteiger partial charge in [0.1, 0.15) is 5.75 Å². The Labute approximate surface area is 147 Å². The van der Waals surface area contributed by atoms with Crippen molar-refractivity contribution in [1.82, 2.24) is 0 Å². The van der Waals surface area contributed by atoms with Gasteiger partial charge in [-0.25, -0.2) is 0 Å². The van der Waals surface area contributed by atoms with Crippen LogP contribution in [-0.2, 0) is 4.79 Å². The molecule has 7 heteroatoms. The van der Waals surface area contributed by atoms with Crippen molar-refractivity contribution in [1.29, 1.82) is 0 Å². The number of hydrogen-bond acceptors (Lipinski definition) is 4. The van der Waals surface area contributed by atoms with Gasteiger partial charge in [0.15, 0.2) is 16.5 Å². The third-order valence-electron chi connectivity index (χ3n) is 3.67. The quantitative estimate of drug-likeness (QED) is 0.858. The minimum Gasteiger partial charge on any atom is -0.479 e. The second kappa shape index (κ2) is 6.68. The zero-order valence-electron chi connectivity index (χ0n) is 13.3. The topological polar surface area (TPSA) is 71.8 Å². The first-order chi connectivity index (χ1) is 11.5. The zero-order chi connectivity index (χ0) is 17.3. The van der Waals surface area contributed by atoms with Gasteiger partial charge in [0.2, 0.25) is 0 Å². The number of amides is 2. The van der Waals surface area contributed by atoms with E-state index in [4.69, 9.17) is 9.15 Å². The van der Waals surface area contributed by atoms with Crippen LogP contribution in [0.5, 0.6) is 5.75 Å². The molecule has 2 amide bonds. The van der Waals surface area contributed by atoms with Crippen LogP contribution in [0.15, 0.2) is 39.4 Å². The normalized spacial score (nSPS) is 16.5. The summed E-state index contributed by atoms with van der Waals surface area (Å²) in [5, 5.41) is 2.76. The molecule has 0 saturated heterocycles. The van der Waals surface area contributed by atoms with Gasteiger partial charge in [-0.3, -0.25) is 9.59 Å². The first-order valence-electron chi connectivity index (χ1n) is 7.68. The predicted octanol–water partition coefficient (Wildman–Crippen LogP) is 3.82. The molecule has 24 heavy (non-hydrogen) atoms. The van der Waals surface area contributed by atoms with E-state index in [0.717, 1.165) is 6.42 Å². The molecule has 0 saturated carbocycles. The molecule has 126 valence electrons. The monoisotopic (exact) mass is 392 g/mol. The lowest BCUT2D eigenvalue weighted by atomic mass is 10.1. The summed E-state index contributed by atoms with van der Waals surface area (Å²) in [5.74, 6) is 0.391. The highest BCUT2D eigenvalue weighted by molar-refractivity contribution is 9.10. The smallest absolute Gasteiger partial charge is 0.291 e. The number of nitrogens with zero attached hydrogens (tertiary/aromatic N) is 1. The van der Waals surface area contributed by atoms with E-state index in [9.17, 15) is 9.59 Å². The number of ether oxygens (including phenoxy) is 1. The molecule has 0 aliphatic carbocycles. The number of anilines is 2. The number of benzene rings is 1. The highest BCUT2D eigenvalue weighted by Gasteiger charge is 2.31. The summed E-state index contributed by atoms with van der Waals surface area (Å²) in [4.78, 5) is 26.2. The van der Waals surface area contributed by atoms with E-state index in [1.807, 2.05) is 6.92 Å². The Bertz CT molecular complexity index is 787. The fourth-order valence-corrected chi connectivity index (χ4v) is 2.87. The zero-order valence-corrected chi connectivity index (χ0v) is 14.9. The third kappa shape index (κ3) is 3.17. The summed E-state index contributed by atoms with van der Waals surface area (Å²) in [6, 6.07) is 8.47. The number of rotatable bonds is 4. The van der Waals surface area contributed by atoms with Gasteiger partial charge in [0.05, 0.1) is 5.69 Å². The summed E-state index contributed by atoms with van der Waals surface area (Å²) < 4.78 is 11.4. The summed E-state index contributed by atoms with van der Waals surface area (Å²) in [7, 11) is 0. The Morgan fingerprint density at radius 3 is 2.79 bits per heavy atom. The number of furan rings is 1. The summed E-state index contributed by atoms with van der Waals surface area (Å²) >= 11 is 3.17. The molecular formula is C17H17BrN2O4. The predicted molar refractivity (Wildman–Crippen MR) is 93.5 cm³/mol. The average molecular weight is 393 g/mol. The van der Waals surface area contributed by atoms with E-state index < -0.39 is 6.10 Å². The summed E-state index contributed by atoms with van der Waals surface area (Å²) in [6.07, 6.45) is 0.319. The fraction of sp³-hybridized carbons (Fsp3) is 0.294. The number of hydrogen-bond donors (Lipinski definition) is 1. The van der Waals surface area contributed by atoms with Crippen LogP contribution in [0.3, 0.4) is 0 Å². The largest absolute Gasteiger partial charge is 0.479 e. The molecule has 0 spiro atoms. The van der Waals surface area contributed by atoms with Crippen molar-refractivity contribution in [2.45, 2.75) is 26.4 Å². The van der Waals surface area contributed by atoms with E-state index in [-0.39, 0.29) is 17.6 Å². The lowest BCUT2D eigenvalue weighted by Gasteiger charge is -2.33. The van der Waals surface area contributed by atoms with Crippen molar-refractivity contribution < 1.29 is 18.7 Å². The SMILES string of the molecule is CCCN1C(=O)C(C)Oc2ccc(NC(=O)c3ccc(Br)o3)cc21. The molecular weight excluding hydrogens is 376 g/mol. The van der Waals surface area contributed by atoms with Crippen LogP contribution in [0.4, 0.5) is 11.4 Å². The highest BCUT2D eigenvalue weighted by Crippen LogP contribution is 2.36. The van der Waals surface area contributed by atoms with Gasteiger partial charge in [0, 0.05) is 12.2 Å². The molecule has 0 fully saturated rings. The Hall–Kier alpha value is -2.28. The van der Waals surface area contributed by atoms with Crippen LogP contribution in [0.2, 0.25) is 0 Å². The molecule has 1 atom stereocenters. The minimum absolute atomic E-state index is 0.0807. The van der Waals surface area contributed by atoms with E-state index in [0.29, 0.717) is 28.3 Å². The maximum absolute atomic E-state index is 12.3. The molecule has 2 aromatic rings. The standard InChI is InChI=1S/C17H17BrN2O4/c1-3-8-20-12-9-11(4-5-13(12)23-10(2)17(20)22)19-16(21)14-6-7-15(18)24-14/h4-7,9-10H,3,8H2,1-2H3,(H,19,21). The van der Waals surface area contributed by atoms with Gasteiger partial charge in [-0.1, -0.05) is 6.92 Å². The average Bonchev–Trinajstić information content (AvgIpc) is 2.99. The van der Waals surface area contributed by atoms with E-state index in [1.54, 1.807) is 42.2 Å². The van der Waals surface area contributed by atoms with Crippen LogP contribution in [0.1, 0.15) is 30.8 Å². The Balaban J connectivity index is 1.87. The van der Waals surface area contributed by atoms with Crippen LogP contribution in [0.25, 0.3) is 0 Å². The van der Waals surface area contributed by atoms with Crippen LogP contribution in [0, 0.1) is 0 Å². The van der Waals surface area contributed by atoms with Gasteiger partial charge in [-0.15, -0.1) is 0 Å². The van der Waals surface area contributed by atoms with Gasteiger partial charge in [-0.05, 0) is 59.6 Å². The molecule has 1 aliphatic rings. The molecule has 1 aromatic heterocycles. The number of carbonyl (C=O) groups is 2. The Morgan fingerprint density at radius 1 is 1.33 bits per heavy atom. The molecule has 1 aromatic carbocycles. The van der Waals surface area contributed by atoms with Crippen molar-refractivity contribution in [3.8, 4) is 5.75 Å². The first kappa shape index (κ1) is 16.6. The maximum Gasteiger partial charge on any atom is 0.291 e. The lowest BCUT2D eigenvalue weighted by molar-refractivity contribution is -0.125. The number of carbonyl (C=O) groups excluding carboxylic acids is 2. The van der Waals surface area contributed by atoms with Crippen LogP contribution >= 0.6 is 15.9 Å². The van der Waals surface area contributed by atoms with Gasteiger partial charge < -0.3 is 19.4 Å². The first-order valence-corrected chi connectivity index (χ1v) is 8.47. The second-order valence-corrected chi connectivity index (χ2v) is 6.27. The molecule has 1 aliphatic heterocycles. The molecule has 1 N–H and O–H groups in total. The van der Waals surface area contributed by atoms with Gasteiger partial charge in [-0.2, -0.15) is 0 Å². The molecule has 0 bridgehead atoms. The summed E-state index contributed by atoms with van der Waals surface area (Å²) in [5.41, 5.74) is 1.23. The van der Waals surface area contributed by atoms with Crippen LogP contribution < -0.4 is 15.0 Å². The van der Waals surface area contributed by atoms with Crippen molar-refractivity contribution in [2.24, 2.45) is 0 Å². The van der Waals surface area contributed by atoms with E-state index in [1.165, 1.54) is 0 Å². The third-order valence-corrected chi connectivity index (χ3v) is 4.10. The number of halogens is 1. The minimum atomic E-state index is -0.509.